The molecule has 3 N–H and O–H groups in total. The van der Waals surface area contributed by atoms with Crippen LogP contribution >= 0.6 is 15.9 Å². The van der Waals surface area contributed by atoms with Crippen molar-refractivity contribution in [3.05, 3.63) is 63.9 Å². The van der Waals surface area contributed by atoms with Crippen molar-refractivity contribution in [1.82, 2.24) is 0 Å². The van der Waals surface area contributed by atoms with Crippen LogP contribution in [-0.2, 0) is 10.3 Å². The van der Waals surface area contributed by atoms with Crippen LogP contribution in [0.4, 0.5) is 10.1 Å². The Labute approximate surface area is 131 Å². The smallest absolute Gasteiger partial charge is 0.247 e. The molecule has 1 amide bonds. The highest BCUT2D eigenvalue weighted by molar-refractivity contribution is 9.10. The molecule has 0 aliphatic heterocycles. The van der Waals surface area contributed by atoms with E-state index in [2.05, 4.69) is 21.2 Å². The van der Waals surface area contributed by atoms with Gasteiger partial charge in [0.2, 0.25) is 5.91 Å². The van der Waals surface area contributed by atoms with Crippen molar-refractivity contribution in [3.63, 3.8) is 0 Å². The molecule has 1 atom stereocenters. The molecule has 21 heavy (non-hydrogen) atoms. The number of aryl methyl sites for hydroxylation is 1. The molecule has 0 aromatic heterocycles. The van der Waals surface area contributed by atoms with Gasteiger partial charge in [-0.25, -0.2) is 4.39 Å². The van der Waals surface area contributed by atoms with Crippen LogP contribution in [0.1, 0.15) is 18.1 Å². The maximum atomic E-state index is 13.4. The Hall–Kier alpha value is -1.88. The average molecular weight is 351 g/mol. The van der Waals surface area contributed by atoms with E-state index in [0.29, 0.717) is 10.0 Å². The summed E-state index contributed by atoms with van der Waals surface area (Å²) in [7, 11) is 0. The van der Waals surface area contributed by atoms with E-state index in [1.54, 1.807) is 19.1 Å². The molecule has 0 bridgehead atoms. The van der Waals surface area contributed by atoms with Gasteiger partial charge in [0.1, 0.15) is 11.4 Å². The first-order valence-electron chi connectivity index (χ1n) is 6.43. The van der Waals surface area contributed by atoms with Crippen LogP contribution < -0.4 is 11.1 Å². The predicted octanol–water partition coefficient (Wildman–Crippen LogP) is 3.71. The predicted molar refractivity (Wildman–Crippen MR) is 85.4 cm³/mol. The lowest BCUT2D eigenvalue weighted by Crippen LogP contribution is -2.45. The minimum absolute atomic E-state index is 0.290. The molecule has 0 saturated carbocycles. The van der Waals surface area contributed by atoms with E-state index in [-0.39, 0.29) is 5.82 Å². The molecule has 2 aromatic rings. The van der Waals surface area contributed by atoms with Crippen LogP contribution in [0.15, 0.2) is 46.9 Å². The number of rotatable bonds is 4. The normalized spacial score (nSPS) is 13.5. The van der Waals surface area contributed by atoms with E-state index in [1.807, 2.05) is 31.2 Å². The number of primary amides is 1. The molecule has 3 nitrogen and oxygen atoms in total. The van der Waals surface area contributed by atoms with Gasteiger partial charge in [0.15, 0.2) is 0 Å². The molecule has 0 spiro atoms. The molecular weight excluding hydrogens is 335 g/mol. The van der Waals surface area contributed by atoms with Crippen LogP contribution in [0.25, 0.3) is 0 Å². The van der Waals surface area contributed by atoms with Crippen molar-refractivity contribution in [2.24, 2.45) is 5.73 Å². The third-order valence-electron chi connectivity index (χ3n) is 3.40. The van der Waals surface area contributed by atoms with Crippen molar-refractivity contribution in [1.29, 1.82) is 0 Å². The fourth-order valence-electron chi connectivity index (χ4n) is 2.09. The van der Waals surface area contributed by atoms with E-state index in [0.717, 1.165) is 11.3 Å². The molecule has 0 aliphatic rings. The average Bonchev–Trinajstić information content (AvgIpc) is 2.41. The van der Waals surface area contributed by atoms with Crippen LogP contribution in [-0.4, -0.2) is 5.91 Å². The third kappa shape index (κ3) is 3.24. The lowest BCUT2D eigenvalue weighted by Gasteiger charge is -2.29. The summed E-state index contributed by atoms with van der Waals surface area (Å²) in [6.07, 6.45) is 0. The highest BCUT2D eigenvalue weighted by atomic mass is 79.9. The second kappa shape index (κ2) is 5.85. The largest absolute Gasteiger partial charge is 0.368 e. The monoisotopic (exact) mass is 350 g/mol. The van der Waals surface area contributed by atoms with Crippen molar-refractivity contribution in [3.8, 4) is 0 Å². The Kier molecular flexibility index (Phi) is 4.32. The Morgan fingerprint density at radius 1 is 1.29 bits per heavy atom. The van der Waals surface area contributed by atoms with Gasteiger partial charge in [-0.3, -0.25) is 4.79 Å². The van der Waals surface area contributed by atoms with Crippen molar-refractivity contribution < 1.29 is 9.18 Å². The summed E-state index contributed by atoms with van der Waals surface area (Å²) in [5, 5.41) is 3.14. The Balaban J connectivity index is 2.45. The first kappa shape index (κ1) is 15.5. The van der Waals surface area contributed by atoms with E-state index in [9.17, 15) is 9.18 Å². The molecule has 0 fully saturated rings. The topological polar surface area (TPSA) is 55.1 Å². The molecule has 110 valence electrons. The zero-order valence-electron chi connectivity index (χ0n) is 11.8. The minimum atomic E-state index is -1.13. The van der Waals surface area contributed by atoms with Gasteiger partial charge in [-0.2, -0.15) is 0 Å². The number of halogens is 2. The summed E-state index contributed by atoms with van der Waals surface area (Å²) in [6, 6.07) is 12.0. The summed E-state index contributed by atoms with van der Waals surface area (Å²) in [4.78, 5) is 12.0. The van der Waals surface area contributed by atoms with E-state index in [4.69, 9.17) is 5.73 Å². The van der Waals surface area contributed by atoms with Crippen LogP contribution in [0.2, 0.25) is 0 Å². The molecule has 0 heterocycles. The molecule has 0 radical (unpaired) electrons. The Morgan fingerprint density at radius 3 is 2.57 bits per heavy atom. The number of carbonyl (C=O) groups is 1. The highest BCUT2D eigenvalue weighted by Gasteiger charge is 2.33. The van der Waals surface area contributed by atoms with Gasteiger partial charge in [-0.05, 0) is 65.2 Å². The number of hydrogen-bond donors (Lipinski definition) is 2. The first-order chi connectivity index (χ1) is 9.83. The molecule has 1 unspecified atom stereocenters. The molecule has 0 aliphatic carbocycles. The fraction of sp³-hybridized carbons (Fsp3) is 0.188. The summed E-state index contributed by atoms with van der Waals surface area (Å²) in [6.45, 7) is 3.64. The highest BCUT2D eigenvalue weighted by Crippen LogP contribution is 2.29. The number of carbonyl (C=O) groups excluding carboxylic acids is 1. The van der Waals surface area contributed by atoms with Crippen molar-refractivity contribution in [2.45, 2.75) is 19.4 Å². The molecule has 2 aromatic carbocycles. The maximum absolute atomic E-state index is 13.4. The lowest BCUT2D eigenvalue weighted by molar-refractivity contribution is -0.122. The number of nitrogens with one attached hydrogen (secondary N) is 1. The number of hydrogen-bond acceptors (Lipinski definition) is 2. The van der Waals surface area contributed by atoms with Crippen LogP contribution in [0.5, 0.6) is 0 Å². The molecule has 0 saturated heterocycles. The fourth-order valence-corrected chi connectivity index (χ4v) is 2.47. The number of benzene rings is 2. The van der Waals surface area contributed by atoms with Gasteiger partial charge < -0.3 is 11.1 Å². The first-order valence-corrected chi connectivity index (χ1v) is 7.22. The second-order valence-corrected chi connectivity index (χ2v) is 5.97. The lowest BCUT2D eigenvalue weighted by atomic mass is 9.90. The van der Waals surface area contributed by atoms with Gasteiger partial charge >= 0.3 is 0 Å². The standard InChI is InChI=1S/C16H16BrFN2O/c1-10-4-3-5-12(8-10)20-16(2,15(19)21)11-6-7-14(18)13(17)9-11/h3-9,20H,1-2H3,(H2,19,21). The Morgan fingerprint density at radius 2 is 2.00 bits per heavy atom. The van der Waals surface area contributed by atoms with E-state index >= 15 is 0 Å². The minimum Gasteiger partial charge on any atom is -0.368 e. The van der Waals surface area contributed by atoms with Crippen LogP contribution in [0.3, 0.4) is 0 Å². The number of anilines is 1. The van der Waals surface area contributed by atoms with Crippen molar-refractivity contribution >= 4 is 27.5 Å². The summed E-state index contributed by atoms with van der Waals surface area (Å²) < 4.78 is 13.7. The Bertz CT molecular complexity index is 690. The van der Waals surface area contributed by atoms with Gasteiger partial charge in [0.25, 0.3) is 0 Å². The van der Waals surface area contributed by atoms with Gasteiger partial charge in [0, 0.05) is 5.69 Å². The molecular formula is C16H16BrFN2O. The van der Waals surface area contributed by atoms with E-state index < -0.39 is 11.4 Å². The van der Waals surface area contributed by atoms with Crippen LogP contribution in [0, 0.1) is 12.7 Å². The zero-order valence-corrected chi connectivity index (χ0v) is 13.4. The number of amides is 1. The van der Waals surface area contributed by atoms with Gasteiger partial charge in [0.05, 0.1) is 4.47 Å². The maximum Gasteiger partial charge on any atom is 0.247 e. The van der Waals surface area contributed by atoms with Gasteiger partial charge in [-0.15, -0.1) is 0 Å². The molecule has 2 rings (SSSR count). The van der Waals surface area contributed by atoms with Crippen molar-refractivity contribution in [2.75, 3.05) is 5.32 Å². The summed E-state index contributed by atoms with van der Waals surface area (Å²) in [5.41, 5.74) is 6.86. The quantitative estimate of drug-likeness (QED) is 0.882. The zero-order chi connectivity index (χ0) is 15.6. The van der Waals surface area contributed by atoms with Gasteiger partial charge in [-0.1, -0.05) is 18.2 Å². The summed E-state index contributed by atoms with van der Waals surface area (Å²) >= 11 is 3.13. The third-order valence-corrected chi connectivity index (χ3v) is 4.01. The van der Waals surface area contributed by atoms with E-state index in [1.165, 1.54) is 6.07 Å². The second-order valence-electron chi connectivity index (χ2n) is 5.11. The number of nitrogens with two attached hydrogens (primary N) is 1. The molecule has 5 heteroatoms. The summed E-state index contributed by atoms with van der Waals surface area (Å²) in [5.74, 6) is -0.927. The SMILES string of the molecule is Cc1cccc(NC(C)(C(N)=O)c2ccc(F)c(Br)c2)c1.